The van der Waals surface area contributed by atoms with Crippen LogP contribution in [0.2, 0.25) is 5.02 Å². The fourth-order valence-electron chi connectivity index (χ4n) is 5.05. The summed E-state index contributed by atoms with van der Waals surface area (Å²) in [5.41, 5.74) is 0.752. The second-order valence-electron chi connectivity index (χ2n) is 8.74. The second kappa shape index (κ2) is 11.7. The quantitative estimate of drug-likeness (QED) is 0.523. The minimum Gasteiger partial charge on any atom is -0.496 e. The molecule has 2 N–H and O–H groups in total. The van der Waals surface area contributed by atoms with Crippen LogP contribution in [0.3, 0.4) is 0 Å². The number of benzene rings is 1. The number of rotatable bonds is 9. The Bertz CT molecular complexity index is 864. The molecule has 2 bridgehead atoms. The Kier molecular flexibility index (Phi) is 8.97. The van der Waals surface area contributed by atoms with Crippen LogP contribution >= 0.6 is 11.6 Å². The van der Waals surface area contributed by atoms with Gasteiger partial charge in [-0.1, -0.05) is 18.0 Å². The highest BCUT2D eigenvalue weighted by Gasteiger charge is 2.38. The molecule has 2 aliphatic heterocycles. The number of piperidine rings is 2. The highest BCUT2D eigenvalue weighted by atomic mass is 35.5. The average Bonchev–Trinajstić information content (AvgIpc) is 2.75. The predicted octanol–water partition coefficient (Wildman–Crippen LogP) is 3.77. The van der Waals surface area contributed by atoms with E-state index >= 15 is 0 Å². The summed E-state index contributed by atoms with van der Waals surface area (Å²) in [4.78, 5) is 38.6. The fraction of sp³-hybridized carbons (Fsp3) is 0.625. The number of anilines is 1. The van der Waals surface area contributed by atoms with E-state index in [0.29, 0.717) is 42.1 Å². The van der Waals surface area contributed by atoms with Crippen LogP contribution in [0, 0.1) is 0 Å². The van der Waals surface area contributed by atoms with Crippen LogP contribution in [-0.4, -0.2) is 61.1 Å². The monoisotopic (exact) mass is 479 g/mol. The van der Waals surface area contributed by atoms with Crippen molar-refractivity contribution in [3.05, 3.63) is 22.7 Å². The normalized spacial score (nSPS) is 22.4. The van der Waals surface area contributed by atoms with Crippen molar-refractivity contribution in [1.82, 2.24) is 10.2 Å². The van der Waals surface area contributed by atoms with Crippen LogP contribution in [0.5, 0.6) is 5.75 Å². The number of nitrogens with zero attached hydrogens (tertiary/aromatic N) is 1. The van der Waals surface area contributed by atoms with E-state index in [1.165, 1.54) is 26.5 Å². The number of methoxy groups -OCH3 is 1. The lowest BCUT2D eigenvalue weighted by atomic mass is 9.81. The van der Waals surface area contributed by atoms with Gasteiger partial charge in [0, 0.05) is 37.5 Å². The predicted molar refractivity (Wildman–Crippen MR) is 127 cm³/mol. The van der Waals surface area contributed by atoms with E-state index in [0.717, 1.165) is 38.6 Å². The van der Waals surface area contributed by atoms with E-state index in [9.17, 15) is 14.4 Å². The third kappa shape index (κ3) is 6.60. The van der Waals surface area contributed by atoms with Gasteiger partial charge in [-0.15, -0.1) is 0 Å². The number of amides is 2. The molecule has 2 saturated heterocycles. The standard InChI is InChI=1S/C24H34ClN3O5/c1-4-33-23(30)9-6-10-28-17-7-5-8-18(28)12-16(11-17)27-24(31)19-13-20(25)21(26-15(2)29)14-22(19)32-3/h13-14,16-18H,4-12H2,1-3H3,(H,26,29)(H,27,31). The molecule has 0 radical (unpaired) electrons. The van der Waals surface area contributed by atoms with E-state index in [2.05, 4.69) is 15.5 Å². The third-order valence-electron chi connectivity index (χ3n) is 6.41. The number of halogens is 1. The first-order valence-corrected chi connectivity index (χ1v) is 12.1. The number of fused-ring (bicyclic) bond motifs is 2. The first kappa shape index (κ1) is 25.3. The van der Waals surface area contributed by atoms with Crippen molar-refractivity contribution in [2.45, 2.75) is 76.9 Å². The molecule has 182 valence electrons. The topological polar surface area (TPSA) is 97.0 Å². The molecule has 0 aliphatic carbocycles. The summed E-state index contributed by atoms with van der Waals surface area (Å²) in [6.45, 7) is 4.51. The summed E-state index contributed by atoms with van der Waals surface area (Å²) in [6.07, 6.45) is 6.38. The Hall–Kier alpha value is -2.32. The second-order valence-corrected chi connectivity index (χ2v) is 9.15. The van der Waals surface area contributed by atoms with Crippen LogP contribution in [0.1, 0.15) is 69.2 Å². The third-order valence-corrected chi connectivity index (χ3v) is 6.72. The van der Waals surface area contributed by atoms with Gasteiger partial charge in [0.15, 0.2) is 0 Å². The van der Waals surface area contributed by atoms with Crippen LogP contribution in [-0.2, 0) is 14.3 Å². The van der Waals surface area contributed by atoms with Crippen molar-refractivity contribution in [1.29, 1.82) is 0 Å². The molecule has 2 fully saturated rings. The Morgan fingerprint density at radius 3 is 2.48 bits per heavy atom. The number of hydrogen-bond donors (Lipinski definition) is 2. The van der Waals surface area contributed by atoms with Gasteiger partial charge in [0.2, 0.25) is 5.91 Å². The van der Waals surface area contributed by atoms with Gasteiger partial charge >= 0.3 is 5.97 Å². The minimum atomic E-state index is -0.253. The molecule has 2 amide bonds. The first-order chi connectivity index (χ1) is 15.8. The molecule has 2 atom stereocenters. The maximum absolute atomic E-state index is 13.1. The molecule has 3 rings (SSSR count). The summed E-state index contributed by atoms with van der Waals surface area (Å²) >= 11 is 6.29. The van der Waals surface area contributed by atoms with Crippen LogP contribution < -0.4 is 15.4 Å². The van der Waals surface area contributed by atoms with Gasteiger partial charge in [-0.3, -0.25) is 19.3 Å². The Morgan fingerprint density at radius 2 is 1.88 bits per heavy atom. The zero-order valence-electron chi connectivity index (χ0n) is 19.6. The fourth-order valence-corrected chi connectivity index (χ4v) is 5.26. The molecule has 2 unspecified atom stereocenters. The van der Waals surface area contributed by atoms with Gasteiger partial charge in [-0.2, -0.15) is 0 Å². The lowest BCUT2D eigenvalue weighted by molar-refractivity contribution is -0.143. The molecule has 0 saturated carbocycles. The highest BCUT2D eigenvalue weighted by Crippen LogP contribution is 2.35. The van der Waals surface area contributed by atoms with E-state index in [1.807, 2.05) is 6.92 Å². The number of carbonyl (C=O) groups is 3. The number of nitrogens with one attached hydrogen (secondary N) is 2. The van der Waals surface area contributed by atoms with Gasteiger partial charge in [0.1, 0.15) is 5.75 Å². The Labute approximate surface area is 200 Å². The van der Waals surface area contributed by atoms with Crippen molar-refractivity contribution in [2.75, 3.05) is 25.6 Å². The average molecular weight is 480 g/mol. The number of ether oxygens (including phenoxy) is 2. The summed E-state index contributed by atoms with van der Waals surface area (Å²) in [7, 11) is 1.48. The Morgan fingerprint density at radius 1 is 1.18 bits per heavy atom. The SMILES string of the molecule is CCOC(=O)CCCN1C2CCCC1CC(NC(=O)c1cc(Cl)c(NC(C)=O)cc1OC)C2. The number of esters is 1. The molecule has 1 aromatic carbocycles. The molecule has 33 heavy (non-hydrogen) atoms. The smallest absolute Gasteiger partial charge is 0.305 e. The van der Waals surface area contributed by atoms with Gasteiger partial charge in [0.05, 0.1) is 30.0 Å². The minimum absolute atomic E-state index is 0.0626. The molecule has 1 aromatic rings. The molecule has 8 nitrogen and oxygen atoms in total. The number of carbonyl (C=O) groups excluding carboxylic acids is 3. The van der Waals surface area contributed by atoms with E-state index < -0.39 is 0 Å². The molecule has 0 aromatic heterocycles. The summed E-state index contributed by atoms with van der Waals surface area (Å²) in [5.74, 6) is -0.266. The van der Waals surface area contributed by atoms with Crippen molar-refractivity contribution in [2.24, 2.45) is 0 Å². The highest BCUT2D eigenvalue weighted by molar-refractivity contribution is 6.34. The van der Waals surface area contributed by atoms with Crippen molar-refractivity contribution in [3.63, 3.8) is 0 Å². The van der Waals surface area contributed by atoms with Crippen molar-refractivity contribution >= 4 is 35.1 Å². The molecule has 2 heterocycles. The molecule has 9 heteroatoms. The zero-order valence-corrected chi connectivity index (χ0v) is 20.4. The summed E-state index contributed by atoms with van der Waals surface area (Å²) in [6, 6.07) is 3.97. The van der Waals surface area contributed by atoms with Gasteiger partial charge < -0.3 is 20.1 Å². The van der Waals surface area contributed by atoms with Crippen LogP contribution in [0.15, 0.2) is 12.1 Å². The molecule has 0 spiro atoms. The lowest BCUT2D eigenvalue weighted by Crippen LogP contribution is -2.57. The van der Waals surface area contributed by atoms with E-state index in [4.69, 9.17) is 21.1 Å². The summed E-state index contributed by atoms with van der Waals surface area (Å²) in [5, 5.41) is 6.09. The lowest BCUT2D eigenvalue weighted by Gasteiger charge is -2.49. The molecule has 2 aliphatic rings. The maximum Gasteiger partial charge on any atom is 0.305 e. The number of hydrogen-bond acceptors (Lipinski definition) is 6. The first-order valence-electron chi connectivity index (χ1n) is 11.7. The van der Waals surface area contributed by atoms with Crippen molar-refractivity contribution < 1.29 is 23.9 Å². The largest absolute Gasteiger partial charge is 0.496 e. The Balaban J connectivity index is 1.62. The maximum atomic E-state index is 13.1. The van der Waals surface area contributed by atoms with Crippen LogP contribution in [0.25, 0.3) is 0 Å². The molecular formula is C24H34ClN3O5. The molecular weight excluding hydrogens is 446 g/mol. The van der Waals surface area contributed by atoms with Gasteiger partial charge in [-0.25, -0.2) is 0 Å². The van der Waals surface area contributed by atoms with Crippen LogP contribution in [0.4, 0.5) is 5.69 Å². The van der Waals surface area contributed by atoms with Gasteiger partial charge in [-0.05, 0) is 51.6 Å². The van der Waals surface area contributed by atoms with E-state index in [1.54, 1.807) is 6.07 Å². The van der Waals surface area contributed by atoms with E-state index in [-0.39, 0.29) is 28.8 Å². The zero-order chi connectivity index (χ0) is 24.0. The van der Waals surface area contributed by atoms with Gasteiger partial charge in [0.25, 0.3) is 5.91 Å². The summed E-state index contributed by atoms with van der Waals surface area (Å²) < 4.78 is 10.4. The van der Waals surface area contributed by atoms with Crippen molar-refractivity contribution in [3.8, 4) is 5.75 Å².